The fourth-order valence-electron chi connectivity index (χ4n) is 3.07. The number of rotatable bonds is 5. The molecule has 0 saturated carbocycles. The van der Waals surface area contributed by atoms with Gasteiger partial charge in [-0.3, -0.25) is 4.79 Å². The van der Waals surface area contributed by atoms with Crippen LogP contribution in [0.4, 0.5) is 0 Å². The van der Waals surface area contributed by atoms with Gasteiger partial charge in [0.15, 0.2) is 0 Å². The molecule has 1 aliphatic carbocycles. The Labute approximate surface area is 114 Å². The van der Waals surface area contributed by atoms with Crippen LogP contribution in [0, 0.1) is 5.92 Å². The van der Waals surface area contributed by atoms with Gasteiger partial charge in [0, 0.05) is 0 Å². The van der Waals surface area contributed by atoms with Crippen molar-refractivity contribution in [2.24, 2.45) is 5.92 Å². The molecule has 0 saturated heterocycles. The maximum absolute atomic E-state index is 12.2. The summed E-state index contributed by atoms with van der Waals surface area (Å²) in [6.45, 7) is 4.18. The molecule has 1 aromatic rings. The molecule has 104 valence electrons. The van der Waals surface area contributed by atoms with Crippen molar-refractivity contribution in [3.8, 4) is 0 Å². The molecule has 0 aromatic heterocycles. The van der Waals surface area contributed by atoms with Gasteiger partial charge in [-0.25, -0.2) is 0 Å². The van der Waals surface area contributed by atoms with Gasteiger partial charge in [0.1, 0.15) is 5.60 Å². The highest BCUT2D eigenvalue weighted by atomic mass is 16.5. The number of ether oxygens (including phenoxy) is 1. The second-order valence-electron chi connectivity index (χ2n) is 5.17. The van der Waals surface area contributed by atoms with Gasteiger partial charge in [-0.2, -0.15) is 0 Å². The molecule has 3 nitrogen and oxygen atoms in total. The second-order valence-corrected chi connectivity index (χ2v) is 5.17. The summed E-state index contributed by atoms with van der Waals surface area (Å²) in [5, 5.41) is 11.0. The number of fused-ring (bicyclic) bond motifs is 1. The van der Waals surface area contributed by atoms with E-state index in [-0.39, 0.29) is 5.97 Å². The fourth-order valence-corrected chi connectivity index (χ4v) is 3.07. The lowest BCUT2D eigenvalue weighted by atomic mass is 9.80. The van der Waals surface area contributed by atoms with E-state index in [0.717, 1.165) is 24.0 Å². The first-order valence-corrected chi connectivity index (χ1v) is 7.10. The maximum atomic E-state index is 12.2. The SMILES string of the molecule is CCCC(C(=O)OCC)C1(O)CCc2ccccc21. The minimum atomic E-state index is -1.06. The Balaban J connectivity index is 2.34. The van der Waals surface area contributed by atoms with Gasteiger partial charge in [-0.1, -0.05) is 37.6 Å². The normalized spacial score (nSPS) is 22.9. The monoisotopic (exact) mass is 262 g/mol. The number of hydrogen-bond donors (Lipinski definition) is 1. The van der Waals surface area contributed by atoms with Crippen LogP contribution in [-0.4, -0.2) is 17.7 Å². The zero-order valence-electron chi connectivity index (χ0n) is 11.7. The number of aliphatic hydroxyl groups is 1. The van der Waals surface area contributed by atoms with Crippen molar-refractivity contribution in [2.75, 3.05) is 6.61 Å². The molecule has 0 aliphatic heterocycles. The number of carbonyl (C=O) groups is 1. The summed E-state index contributed by atoms with van der Waals surface area (Å²) >= 11 is 0. The zero-order chi connectivity index (χ0) is 13.9. The van der Waals surface area contributed by atoms with Crippen LogP contribution >= 0.6 is 0 Å². The van der Waals surface area contributed by atoms with Crippen LogP contribution < -0.4 is 0 Å². The third-order valence-electron chi connectivity index (χ3n) is 3.98. The summed E-state index contributed by atoms with van der Waals surface area (Å²) in [6.07, 6.45) is 2.94. The van der Waals surface area contributed by atoms with Crippen molar-refractivity contribution < 1.29 is 14.6 Å². The van der Waals surface area contributed by atoms with Gasteiger partial charge in [0.2, 0.25) is 0 Å². The molecule has 2 atom stereocenters. The van der Waals surface area contributed by atoms with Crippen LogP contribution in [0.25, 0.3) is 0 Å². The van der Waals surface area contributed by atoms with Crippen LogP contribution in [-0.2, 0) is 21.6 Å². The van der Waals surface area contributed by atoms with Crippen LogP contribution in [0.5, 0.6) is 0 Å². The van der Waals surface area contributed by atoms with Crippen molar-refractivity contribution in [1.29, 1.82) is 0 Å². The standard InChI is InChI=1S/C16H22O3/c1-3-7-14(15(17)19-4-2)16(18)11-10-12-8-5-6-9-13(12)16/h5-6,8-9,14,18H,3-4,7,10-11H2,1-2H3. The lowest BCUT2D eigenvalue weighted by molar-refractivity contribution is -0.160. The van der Waals surface area contributed by atoms with Gasteiger partial charge in [-0.15, -0.1) is 0 Å². The third kappa shape index (κ3) is 2.52. The Kier molecular flexibility index (Phi) is 4.25. The molecular formula is C16H22O3. The Bertz CT molecular complexity index is 455. The zero-order valence-corrected chi connectivity index (χ0v) is 11.7. The molecule has 1 aliphatic rings. The summed E-state index contributed by atoms with van der Waals surface area (Å²) in [7, 11) is 0. The third-order valence-corrected chi connectivity index (χ3v) is 3.98. The highest BCUT2D eigenvalue weighted by molar-refractivity contribution is 5.74. The summed E-state index contributed by atoms with van der Waals surface area (Å²) in [6, 6.07) is 7.86. The first-order valence-electron chi connectivity index (χ1n) is 7.10. The van der Waals surface area contributed by atoms with Crippen molar-refractivity contribution in [3.63, 3.8) is 0 Å². The molecule has 0 radical (unpaired) electrons. The predicted molar refractivity (Wildman–Crippen MR) is 73.7 cm³/mol. The molecule has 0 bridgehead atoms. The quantitative estimate of drug-likeness (QED) is 0.830. The molecule has 1 N–H and O–H groups in total. The second kappa shape index (κ2) is 5.74. The molecule has 3 heteroatoms. The summed E-state index contributed by atoms with van der Waals surface area (Å²) < 4.78 is 5.15. The largest absolute Gasteiger partial charge is 0.466 e. The summed E-state index contributed by atoms with van der Waals surface area (Å²) in [5.74, 6) is -0.732. The van der Waals surface area contributed by atoms with E-state index in [9.17, 15) is 9.90 Å². The van der Waals surface area contributed by atoms with E-state index in [1.807, 2.05) is 31.2 Å². The molecule has 0 amide bonds. The van der Waals surface area contributed by atoms with E-state index in [1.54, 1.807) is 6.92 Å². The van der Waals surface area contributed by atoms with Gasteiger partial charge >= 0.3 is 5.97 Å². The number of hydrogen-bond acceptors (Lipinski definition) is 3. The lowest BCUT2D eigenvalue weighted by Crippen LogP contribution is -2.39. The van der Waals surface area contributed by atoms with Crippen molar-refractivity contribution in [3.05, 3.63) is 35.4 Å². The van der Waals surface area contributed by atoms with E-state index in [1.165, 1.54) is 0 Å². The molecule has 0 fully saturated rings. The number of benzene rings is 1. The van der Waals surface area contributed by atoms with Gasteiger partial charge < -0.3 is 9.84 Å². The first-order chi connectivity index (χ1) is 9.13. The Morgan fingerprint density at radius 2 is 2.16 bits per heavy atom. The Morgan fingerprint density at radius 3 is 2.84 bits per heavy atom. The highest BCUT2D eigenvalue weighted by Crippen LogP contribution is 2.44. The molecule has 0 heterocycles. The van der Waals surface area contributed by atoms with Crippen LogP contribution in [0.3, 0.4) is 0 Å². The fraction of sp³-hybridized carbons (Fsp3) is 0.562. The number of esters is 1. The highest BCUT2D eigenvalue weighted by Gasteiger charge is 2.46. The van der Waals surface area contributed by atoms with Gasteiger partial charge in [-0.05, 0) is 37.3 Å². The number of aryl methyl sites for hydroxylation is 1. The lowest BCUT2D eigenvalue weighted by Gasteiger charge is -2.32. The topological polar surface area (TPSA) is 46.5 Å². The van der Waals surface area contributed by atoms with E-state index >= 15 is 0 Å². The van der Waals surface area contributed by atoms with Crippen molar-refractivity contribution >= 4 is 5.97 Å². The minimum absolute atomic E-state index is 0.274. The van der Waals surface area contributed by atoms with Crippen LogP contribution in [0.2, 0.25) is 0 Å². The molecule has 19 heavy (non-hydrogen) atoms. The van der Waals surface area contributed by atoms with Crippen LogP contribution in [0.15, 0.2) is 24.3 Å². The Hall–Kier alpha value is -1.35. The molecule has 1 aromatic carbocycles. The summed E-state index contributed by atoms with van der Waals surface area (Å²) in [4.78, 5) is 12.2. The molecule has 0 spiro atoms. The molecule has 2 unspecified atom stereocenters. The average Bonchev–Trinajstić information content (AvgIpc) is 2.75. The Morgan fingerprint density at radius 1 is 1.42 bits per heavy atom. The van der Waals surface area contributed by atoms with E-state index in [2.05, 4.69) is 0 Å². The smallest absolute Gasteiger partial charge is 0.312 e. The number of carbonyl (C=O) groups excluding carboxylic acids is 1. The van der Waals surface area contributed by atoms with Crippen LogP contribution in [0.1, 0.15) is 44.2 Å². The van der Waals surface area contributed by atoms with Crippen molar-refractivity contribution in [1.82, 2.24) is 0 Å². The van der Waals surface area contributed by atoms with E-state index in [0.29, 0.717) is 19.4 Å². The van der Waals surface area contributed by atoms with Crippen molar-refractivity contribution in [2.45, 2.75) is 45.1 Å². The molecular weight excluding hydrogens is 240 g/mol. The molecule has 2 rings (SSSR count). The van der Waals surface area contributed by atoms with Gasteiger partial charge in [0.25, 0.3) is 0 Å². The van der Waals surface area contributed by atoms with Gasteiger partial charge in [0.05, 0.1) is 12.5 Å². The summed E-state index contributed by atoms with van der Waals surface area (Å²) in [5.41, 5.74) is 0.996. The first kappa shape index (κ1) is 14.1. The maximum Gasteiger partial charge on any atom is 0.312 e. The van der Waals surface area contributed by atoms with E-state index < -0.39 is 11.5 Å². The average molecular weight is 262 g/mol. The van der Waals surface area contributed by atoms with E-state index in [4.69, 9.17) is 4.74 Å². The minimum Gasteiger partial charge on any atom is -0.466 e. The predicted octanol–water partition coefficient (Wildman–Crippen LogP) is 2.80.